The lowest BCUT2D eigenvalue weighted by molar-refractivity contribution is 0.617. The summed E-state index contributed by atoms with van der Waals surface area (Å²) in [5.41, 5.74) is 11.8. The molecule has 60 valence electrons. The summed E-state index contributed by atoms with van der Waals surface area (Å²) in [6, 6.07) is 0.960. The maximum atomic E-state index is 12.4. The van der Waals surface area contributed by atoms with Crippen LogP contribution in [0.1, 0.15) is 18.7 Å². The Morgan fingerprint density at radius 2 is 2.27 bits per heavy atom. The molecule has 0 bridgehead atoms. The van der Waals surface area contributed by atoms with Crippen LogP contribution in [0.15, 0.2) is 12.3 Å². The quantitative estimate of drug-likeness (QED) is 0.631. The second kappa shape index (κ2) is 2.84. The first kappa shape index (κ1) is 7.94. The SMILES string of the molecule is CC(N)c1ncc(F)cc1N. The van der Waals surface area contributed by atoms with Crippen molar-refractivity contribution in [3.05, 3.63) is 23.8 Å². The van der Waals surface area contributed by atoms with Gasteiger partial charge in [-0.05, 0) is 6.92 Å². The second-order valence-corrected chi connectivity index (χ2v) is 2.42. The van der Waals surface area contributed by atoms with Gasteiger partial charge in [0.05, 0.1) is 17.6 Å². The molecule has 0 aliphatic rings. The van der Waals surface area contributed by atoms with Gasteiger partial charge in [0.25, 0.3) is 0 Å². The minimum atomic E-state index is -0.438. The number of rotatable bonds is 1. The van der Waals surface area contributed by atoms with Gasteiger partial charge in [0.2, 0.25) is 0 Å². The summed E-state index contributed by atoms with van der Waals surface area (Å²) in [4.78, 5) is 3.75. The Labute approximate surface area is 64.2 Å². The molecule has 4 heteroatoms. The van der Waals surface area contributed by atoms with E-state index in [1.54, 1.807) is 6.92 Å². The molecule has 0 amide bonds. The van der Waals surface area contributed by atoms with Crippen molar-refractivity contribution in [3.63, 3.8) is 0 Å². The zero-order valence-corrected chi connectivity index (χ0v) is 6.21. The molecule has 1 atom stereocenters. The van der Waals surface area contributed by atoms with Crippen molar-refractivity contribution in [3.8, 4) is 0 Å². The van der Waals surface area contributed by atoms with E-state index in [9.17, 15) is 4.39 Å². The molecule has 0 radical (unpaired) electrons. The van der Waals surface area contributed by atoms with Crippen LogP contribution in [-0.4, -0.2) is 4.98 Å². The van der Waals surface area contributed by atoms with Crippen LogP contribution in [0.5, 0.6) is 0 Å². The molecule has 1 heterocycles. The lowest BCUT2D eigenvalue weighted by Gasteiger charge is -2.06. The molecule has 4 N–H and O–H groups in total. The summed E-state index contributed by atoms with van der Waals surface area (Å²) in [5, 5.41) is 0. The average molecular weight is 155 g/mol. The third-order valence-corrected chi connectivity index (χ3v) is 1.35. The molecule has 0 saturated heterocycles. The maximum absolute atomic E-state index is 12.4. The third kappa shape index (κ3) is 1.65. The van der Waals surface area contributed by atoms with Gasteiger partial charge in [-0.25, -0.2) is 4.39 Å². The van der Waals surface area contributed by atoms with Gasteiger partial charge in [0.1, 0.15) is 5.82 Å². The smallest absolute Gasteiger partial charge is 0.143 e. The van der Waals surface area contributed by atoms with Crippen LogP contribution in [0.4, 0.5) is 10.1 Å². The number of aromatic nitrogens is 1. The van der Waals surface area contributed by atoms with Crippen LogP contribution in [0.2, 0.25) is 0 Å². The number of nitrogens with two attached hydrogens (primary N) is 2. The van der Waals surface area contributed by atoms with E-state index in [1.807, 2.05) is 0 Å². The Kier molecular flexibility index (Phi) is 2.05. The van der Waals surface area contributed by atoms with Gasteiger partial charge in [-0.2, -0.15) is 0 Å². The fourth-order valence-electron chi connectivity index (χ4n) is 0.846. The van der Waals surface area contributed by atoms with E-state index < -0.39 is 5.82 Å². The minimum absolute atomic E-state index is 0.254. The summed E-state index contributed by atoms with van der Waals surface area (Å²) in [6.45, 7) is 1.75. The fraction of sp³-hybridized carbons (Fsp3) is 0.286. The molecule has 0 fully saturated rings. The van der Waals surface area contributed by atoms with E-state index in [-0.39, 0.29) is 6.04 Å². The zero-order valence-electron chi connectivity index (χ0n) is 6.21. The standard InChI is InChI=1S/C7H10FN3/c1-4(9)7-6(10)2-5(8)3-11-7/h2-4H,9-10H2,1H3. The molecule has 11 heavy (non-hydrogen) atoms. The van der Waals surface area contributed by atoms with Crippen molar-refractivity contribution in [1.82, 2.24) is 4.98 Å². The van der Waals surface area contributed by atoms with E-state index >= 15 is 0 Å². The number of nitrogens with zero attached hydrogens (tertiary/aromatic N) is 1. The fourth-order valence-corrected chi connectivity index (χ4v) is 0.846. The van der Waals surface area contributed by atoms with Gasteiger partial charge in [-0.15, -0.1) is 0 Å². The Morgan fingerprint density at radius 3 is 2.73 bits per heavy atom. The highest BCUT2D eigenvalue weighted by Crippen LogP contribution is 2.15. The lowest BCUT2D eigenvalue weighted by Crippen LogP contribution is -2.10. The number of halogens is 1. The Balaban J connectivity index is 3.09. The monoisotopic (exact) mass is 155 g/mol. The summed E-state index contributed by atoms with van der Waals surface area (Å²) in [7, 11) is 0. The van der Waals surface area contributed by atoms with Crippen molar-refractivity contribution in [2.45, 2.75) is 13.0 Å². The molecule has 0 aliphatic carbocycles. The molecule has 1 aromatic heterocycles. The van der Waals surface area contributed by atoms with Crippen LogP contribution >= 0.6 is 0 Å². The van der Waals surface area contributed by atoms with Crippen LogP contribution in [0.3, 0.4) is 0 Å². The number of hydrogen-bond acceptors (Lipinski definition) is 3. The molecule has 0 aromatic carbocycles. The Hall–Kier alpha value is -1.16. The summed E-state index contributed by atoms with van der Waals surface area (Å²) in [6.07, 6.45) is 1.11. The van der Waals surface area contributed by atoms with E-state index in [0.717, 1.165) is 6.20 Å². The van der Waals surface area contributed by atoms with Crippen molar-refractivity contribution >= 4 is 5.69 Å². The molecule has 3 nitrogen and oxygen atoms in total. The zero-order chi connectivity index (χ0) is 8.43. The van der Waals surface area contributed by atoms with E-state index in [2.05, 4.69) is 4.98 Å². The third-order valence-electron chi connectivity index (χ3n) is 1.35. The maximum Gasteiger partial charge on any atom is 0.143 e. The summed E-state index contributed by atoms with van der Waals surface area (Å²) in [5.74, 6) is -0.438. The largest absolute Gasteiger partial charge is 0.397 e. The van der Waals surface area contributed by atoms with Gasteiger partial charge in [-0.1, -0.05) is 0 Å². The highest BCUT2D eigenvalue weighted by Gasteiger charge is 2.05. The number of anilines is 1. The van der Waals surface area contributed by atoms with Gasteiger partial charge in [0.15, 0.2) is 0 Å². The van der Waals surface area contributed by atoms with Gasteiger partial charge >= 0.3 is 0 Å². The highest BCUT2D eigenvalue weighted by molar-refractivity contribution is 5.43. The van der Waals surface area contributed by atoms with Crippen LogP contribution in [-0.2, 0) is 0 Å². The van der Waals surface area contributed by atoms with Crippen LogP contribution < -0.4 is 11.5 Å². The molecule has 0 saturated carbocycles. The predicted octanol–water partition coefficient (Wildman–Crippen LogP) is 0.823. The number of pyridine rings is 1. The van der Waals surface area contributed by atoms with Gasteiger partial charge in [0, 0.05) is 12.1 Å². The van der Waals surface area contributed by atoms with E-state index in [1.165, 1.54) is 6.07 Å². The molecule has 1 unspecified atom stereocenters. The average Bonchev–Trinajstić information content (AvgIpc) is 1.85. The van der Waals surface area contributed by atoms with Crippen molar-refractivity contribution in [2.75, 3.05) is 5.73 Å². The molecule has 1 aromatic rings. The second-order valence-electron chi connectivity index (χ2n) is 2.42. The normalized spacial score (nSPS) is 13.0. The Morgan fingerprint density at radius 1 is 1.64 bits per heavy atom. The molecular weight excluding hydrogens is 145 g/mol. The summed E-state index contributed by atoms with van der Waals surface area (Å²) >= 11 is 0. The lowest BCUT2D eigenvalue weighted by atomic mass is 10.2. The first-order chi connectivity index (χ1) is 5.11. The minimum Gasteiger partial charge on any atom is -0.397 e. The van der Waals surface area contributed by atoms with E-state index in [0.29, 0.717) is 11.4 Å². The molecule has 0 spiro atoms. The van der Waals surface area contributed by atoms with Crippen molar-refractivity contribution in [2.24, 2.45) is 5.73 Å². The first-order valence-electron chi connectivity index (χ1n) is 3.27. The van der Waals surface area contributed by atoms with Crippen molar-refractivity contribution < 1.29 is 4.39 Å². The predicted molar refractivity (Wildman–Crippen MR) is 41.2 cm³/mol. The molecule has 1 rings (SSSR count). The van der Waals surface area contributed by atoms with Crippen molar-refractivity contribution in [1.29, 1.82) is 0 Å². The summed E-state index contributed by atoms with van der Waals surface area (Å²) < 4.78 is 12.4. The molecular formula is C7H10FN3. The van der Waals surface area contributed by atoms with Gasteiger partial charge in [-0.3, -0.25) is 4.98 Å². The van der Waals surface area contributed by atoms with E-state index in [4.69, 9.17) is 11.5 Å². The first-order valence-corrected chi connectivity index (χ1v) is 3.27. The number of nitrogen functional groups attached to an aromatic ring is 1. The topological polar surface area (TPSA) is 64.9 Å². The highest BCUT2D eigenvalue weighted by atomic mass is 19.1. The number of hydrogen-bond donors (Lipinski definition) is 2. The van der Waals surface area contributed by atoms with Crippen LogP contribution in [0, 0.1) is 5.82 Å². The molecule has 0 aliphatic heterocycles. The van der Waals surface area contributed by atoms with Gasteiger partial charge < -0.3 is 11.5 Å². The van der Waals surface area contributed by atoms with Crippen LogP contribution in [0.25, 0.3) is 0 Å². The Bertz CT molecular complexity index is 260.